The van der Waals surface area contributed by atoms with Crippen LogP contribution in [-0.4, -0.2) is 66.9 Å². The molecule has 2 aromatic rings. The first kappa shape index (κ1) is 21.7. The van der Waals surface area contributed by atoms with Gasteiger partial charge in [0.2, 0.25) is 5.91 Å². The number of carbonyl (C=O) groups excluding carboxylic acids is 2. The van der Waals surface area contributed by atoms with Crippen molar-refractivity contribution in [2.24, 2.45) is 11.3 Å². The van der Waals surface area contributed by atoms with Crippen molar-refractivity contribution in [2.75, 3.05) is 45.6 Å². The highest BCUT2D eigenvalue weighted by Crippen LogP contribution is 2.44. The number of anilines is 1. The lowest BCUT2D eigenvalue weighted by molar-refractivity contribution is -0.139. The van der Waals surface area contributed by atoms with Crippen molar-refractivity contribution in [1.29, 1.82) is 0 Å². The molecule has 2 fully saturated rings. The van der Waals surface area contributed by atoms with Crippen LogP contribution in [0.25, 0.3) is 0 Å². The molecular formula is C24H29ClN4O2. The predicted molar refractivity (Wildman–Crippen MR) is 123 cm³/mol. The van der Waals surface area contributed by atoms with Gasteiger partial charge in [0.1, 0.15) is 0 Å². The summed E-state index contributed by atoms with van der Waals surface area (Å²) in [6, 6.07) is 15.7. The maximum atomic E-state index is 13.3. The van der Waals surface area contributed by atoms with E-state index in [0.717, 1.165) is 18.7 Å². The molecule has 7 heteroatoms. The normalized spacial score (nSPS) is 23.0. The number of urea groups is 1. The summed E-state index contributed by atoms with van der Waals surface area (Å²) in [5.41, 5.74) is 2.28. The molecule has 2 aliphatic rings. The van der Waals surface area contributed by atoms with Gasteiger partial charge in [0.05, 0.1) is 16.1 Å². The summed E-state index contributed by atoms with van der Waals surface area (Å²) < 4.78 is 0. The number of likely N-dealkylation sites (tertiary alicyclic amines) is 2. The third-order valence-corrected chi connectivity index (χ3v) is 6.73. The van der Waals surface area contributed by atoms with Gasteiger partial charge in [0.15, 0.2) is 0 Å². The minimum absolute atomic E-state index is 0.0942. The van der Waals surface area contributed by atoms with Gasteiger partial charge in [-0.3, -0.25) is 9.69 Å². The van der Waals surface area contributed by atoms with Crippen LogP contribution in [0.1, 0.15) is 11.1 Å². The largest absolute Gasteiger partial charge is 0.348 e. The van der Waals surface area contributed by atoms with E-state index in [1.54, 1.807) is 23.9 Å². The third-order valence-electron chi connectivity index (χ3n) is 6.41. The minimum Gasteiger partial charge on any atom is -0.348 e. The molecule has 0 saturated carbocycles. The SMILES string of the molecule is Cc1ccc(NC(=O)N2CC3CN(Cc4ccccc4)CC3(C(=O)N(C)C)C2)c(Cl)c1. The first-order chi connectivity index (χ1) is 14.8. The van der Waals surface area contributed by atoms with Crippen LogP contribution in [0.5, 0.6) is 0 Å². The lowest BCUT2D eigenvalue weighted by Gasteiger charge is -2.31. The van der Waals surface area contributed by atoms with Gasteiger partial charge in [-0.2, -0.15) is 0 Å². The summed E-state index contributed by atoms with van der Waals surface area (Å²) in [6.07, 6.45) is 0. The zero-order valence-corrected chi connectivity index (χ0v) is 19.0. The van der Waals surface area contributed by atoms with Gasteiger partial charge in [0.25, 0.3) is 0 Å². The molecule has 4 rings (SSSR count). The summed E-state index contributed by atoms with van der Waals surface area (Å²) in [5.74, 6) is 0.196. The number of halogens is 1. The maximum absolute atomic E-state index is 13.3. The smallest absolute Gasteiger partial charge is 0.321 e. The van der Waals surface area contributed by atoms with E-state index in [1.807, 2.05) is 43.3 Å². The zero-order valence-electron chi connectivity index (χ0n) is 18.3. The Kier molecular flexibility index (Phi) is 5.95. The summed E-state index contributed by atoms with van der Waals surface area (Å²) in [6.45, 7) is 5.18. The van der Waals surface area contributed by atoms with Crippen LogP contribution < -0.4 is 5.32 Å². The summed E-state index contributed by atoms with van der Waals surface area (Å²) in [5, 5.41) is 3.44. The van der Waals surface area contributed by atoms with Crippen molar-refractivity contribution < 1.29 is 9.59 Å². The van der Waals surface area contributed by atoms with Crippen LogP contribution in [0.3, 0.4) is 0 Å². The fraction of sp³-hybridized carbons (Fsp3) is 0.417. The number of nitrogens with zero attached hydrogens (tertiary/aromatic N) is 3. The highest BCUT2D eigenvalue weighted by Gasteiger charge is 2.58. The summed E-state index contributed by atoms with van der Waals surface area (Å²) in [4.78, 5) is 32.1. The number of nitrogens with one attached hydrogen (secondary N) is 1. The van der Waals surface area contributed by atoms with Crippen molar-refractivity contribution >= 4 is 29.2 Å². The van der Waals surface area contributed by atoms with Gasteiger partial charge in [-0.1, -0.05) is 48.0 Å². The topological polar surface area (TPSA) is 55.9 Å². The van der Waals surface area contributed by atoms with E-state index in [-0.39, 0.29) is 17.9 Å². The molecule has 6 nitrogen and oxygen atoms in total. The number of hydrogen-bond donors (Lipinski definition) is 1. The van der Waals surface area contributed by atoms with Gasteiger partial charge >= 0.3 is 6.03 Å². The molecule has 0 bridgehead atoms. The molecule has 0 aliphatic carbocycles. The maximum Gasteiger partial charge on any atom is 0.321 e. The molecule has 2 heterocycles. The molecule has 2 saturated heterocycles. The van der Waals surface area contributed by atoms with Gasteiger partial charge in [-0.25, -0.2) is 4.79 Å². The quantitative estimate of drug-likeness (QED) is 0.788. The van der Waals surface area contributed by atoms with E-state index in [4.69, 9.17) is 11.6 Å². The van der Waals surface area contributed by atoms with E-state index in [2.05, 4.69) is 22.3 Å². The lowest BCUT2D eigenvalue weighted by Crippen LogP contribution is -2.47. The molecule has 2 unspecified atom stereocenters. The molecule has 2 aromatic carbocycles. The Morgan fingerprint density at radius 3 is 2.55 bits per heavy atom. The van der Waals surface area contributed by atoms with Crippen molar-refractivity contribution in [2.45, 2.75) is 13.5 Å². The monoisotopic (exact) mass is 440 g/mol. The van der Waals surface area contributed by atoms with Crippen molar-refractivity contribution in [1.82, 2.24) is 14.7 Å². The number of hydrogen-bond acceptors (Lipinski definition) is 3. The number of benzene rings is 2. The van der Waals surface area contributed by atoms with E-state index in [0.29, 0.717) is 30.3 Å². The molecule has 2 aliphatic heterocycles. The Hall–Kier alpha value is -2.57. The highest BCUT2D eigenvalue weighted by atomic mass is 35.5. The van der Waals surface area contributed by atoms with Crippen LogP contribution in [0.2, 0.25) is 5.02 Å². The Bertz CT molecular complexity index is 981. The predicted octanol–water partition coefficient (Wildman–Crippen LogP) is 3.70. The average molecular weight is 441 g/mol. The second-order valence-electron chi connectivity index (χ2n) is 9.00. The van der Waals surface area contributed by atoms with Crippen LogP contribution in [0.4, 0.5) is 10.5 Å². The van der Waals surface area contributed by atoms with E-state index in [9.17, 15) is 9.59 Å². The Balaban J connectivity index is 1.50. The van der Waals surface area contributed by atoms with Crippen molar-refractivity contribution in [3.8, 4) is 0 Å². The number of carbonyl (C=O) groups is 2. The fourth-order valence-corrected chi connectivity index (χ4v) is 5.23. The number of rotatable bonds is 4. The van der Waals surface area contributed by atoms with Gasteiger partial charge in [-0.05, 0) is 30.2 Å². The molecule has 2 atom stereocenters. The molecule has 164 valence electrons. The second kappa shape index (κ2) is 8.52. The summed E-state index contributed by atoms with van der Waals surface area (Å²) >= 11 is 6.29. The van der Waals surface area contributed by atoms with Crippen molar-refractivity contribution in [3.63, 3.8) is 0 Å². The minimum atomic E-state index is -0.577. The number of fused-ring (bicyclic) bond motifs is 1. The highest BCUT2D eigenvalue weighted by molar-refractivity contribution is 6.33. The van der Waals surface area contributed by atoms with E-state index >= 15 is 0 Å². The third kappa shape index (κ3) is 4.27. The first-order valence-electron chi connectivity index (χ1n) is 10.6. The molecule has 0 aromatic heterocycles. The molecule has 31 heavy (non-hydrogen) atoms. The molecular weight excluding hydrogens is 412 g/mol. The molecule has 0 spiro atoms. The number of aryl methyl sites for hydroxylation is 1. The van der Waals surface area contributed by atoms with Gasteiger partial charge in [0, 0.05) is 52.7 Å². The van der Waals surface area contributed by atoms with Crippen molar-refractivity contribution in [3.05, 3.63) is 64.7 Å². The lowest BCUT2D eigenvalue weighted by atomic mass is 9.80. The van der Waals surface area contributed by atoms with Crippen LogP contribution in [-0.2, 0) is 11.3 Å². The zero-order chi connectivity index (χ0) is 22.2. The second-order valence-corrected chi connectivity index (χ2v) is 9.41. The van der Waals surface area contributed by atoms with Gasteiger partial charge in [-0.15, -0.1) is 0 Å². The standard InChI is InChI=1S/C24H29ClN4O2/c1-17-9-10-21(20(25)11-17)26-23(31)29-14-19-13-28(12-18-7-5-4-6-8-18)15-24(19,16-29)22(30)27(2)3/h4-11,19H,12-16H2,1-3H3,(H,26,31). The molecule has 3 amide bonds. The molecule has 0 radical (unpaired) electrons. The van der Waals surface area contributed by atoms with Crippen LogP contribution >= 0.6 is 11.6 Å². The van der Waals surface area contributed by atoms with Gasteiger partial charge < -0.3 is 15.1 Å². The van der Waals surface area contributed by atoms with E-state index in [1.165, 1.54) is 5.56 Å². The Morgan fingerprint density at radius 1 is 1.13 bits per heavy atom. The Labute approximate surface area is 188 Å². The Morgan fingerprint density at radius 2 is 1.87 bits per heavy atom. The first-order valence-corrected chi connectivity index (χ1v) is 11.0. The molecule has 1 N–H and O–H groups in total. The number of amides is 3. The van der Waals surface area contributed by atoms with Crippen LogP contribution in [0, 0.1) is 18.3 Å². The average Bonchev–Trinajstić information content (AvgIpc) is 3.25. The fourth-order valence-electron chi connectivity index (χ4n) is 4.95. The van der Waals surface area contributed by atoms with E-state index < -0.39 is 5.41 Å². The summed E-state index contributed by atoms with van der Waals surface area (Å²) in [7, 11) is 3.59. The van der Waals surface area contributed by atoms with Crippen LogP contribution in [0.15, 0.2) is 48.5 Å².